The van der Waals surface area contributed by atoms with Gasteiger partial charge in [0.1, 0.15) is 0 Å². The standard InChI is InChI=1S/C12H21BrN4OS/c1-3-18-6-4-5-15-12(16-14)17(2)8-10-7-11(13)19-9-10/h7,9H,3-6,8,14H2,1-2H3,(H,15,16). The minimum atomic E-state index is 0.693. The van der Waals surface area contributed by atoms with Crippen LogP contribution in [0.1, 0.15) is 18.9 Å². The first-order valence-electron chi connectivity index (χ1n) is 6.20. The minimum Gasteiger partial charge on any atom is -0.382 e. The van der Waals surface area contributed by atoms with E-state index < -0.39 is 0 Å². The highest BCUT2D eigenvalue weighted by molar-refractivity contribution is 9.11. The van der Waals surface area contributed by atoms with Crippen LogP contribution in [0.15, 0.2) is 20.2 Å². The normalized spacial score (nSPS) is 11.7. The van der Waals surface area contributed by atoms with E-state index in [1.807, 2.05) is 18.9 Å². The third kappa shape index (κ3) is 6.38. The molecule has 0 bridgehead atoms. The number of hydrogen-bond acceptors (Lipinski definition) is 4. The summed E-state index contributed by atoms with van der Waals surface area (Å²) in [6.45, 7) is 4.95. The van der Waals surface area contributed by atoms with E-state index in [9.17, 15) is 0 Å². The summed E-state index contributed by atoms with van der Waals surface area (Å²) in [7, 11) is 1.97. The van der Waals surface area contributed by atoms with Gasteiger partial charge in [-0.05, 0) is 46.3 Å². The van der Waals surface area contributed by atoms with Gasteiger partial charge in [0.25, 0.3) is 0 Å². The highest BCUT2D eigenvalue weighted by Gasteiger charge is 2.06. The van der Waals surface area contributed by atoms with Crippen molar-refractivity contribution in [1.29, 1.82) is 0 Å². The van der Waals surface area contributed by atoms with Gasteiger partial charge in [-0.2, -0.15) is 0 Å². The fourth-order valence-corrected chi connectivity index (χ4v) is 2.75. The maximum Gasteiger partial charge on any atom is 0.208 e. The number of aliphatic imine (C=N–C) groups is 1. The zero-order valence-corrected chi connectivity index (χ0v) is 13.8. The van der Waals surface area contributed by atoms with Crippen molar-refractivity contribution < 1.29 is 4.74 Å². The van der Waals surface area contributed by atoms with E-state index >= 15 is 0 Å². The van der Waals surface area contributed by atoms with E-state index in [1.54, 1.807) is 11.3 Å². The Morgan fingerprint density at radius 3 is 3.00 bits per heavy atom. The Labute approximate surface area is 126 Å². The van der Waals surface area contributed by atoms with E-state index in [0.29, 0.717) is 12.5 Å². The molecule has 0 aliphatic carbocycles. The Hall–Kier alpha value is -0.630. The number of ether oxygens (including phenoxy) is 1. The maximum absolute atomic E-state index is 5.51. The van der Waals surface area contributed by atoms with Gasteiger partial charge in [0.05, 0.1) is 3.79 Å². The first-order valence-corrected chi connectivity index (χ1v) is 7.87. The van der Waals surface area contributed by atoms with Gasteiger partial charge in [-0.3, -0.25) is 10.4 Å². The summed E-state index contributed by atoms with van der Waals surface area (Å²) >= 11 is 5.13. The van der Waals surface area contributed by atoms with Gasteiger partial charge < -0.3 is 9.64 Å². The molecule has 0 spiro atoms. The lowest BCUT2D eigenvalue weighted by Gasteiger charge is -2.20. The van der Waals surface area contributed by atoms with Crippen LogP contribution in [0.4, 0.5) is 0 Å². The summed E-state index contributed by atoms with van der Waals surface area (Å²) in [6.07, 6.45) is 0.900. The molecule has 0 atom stereocenters. The van der Waals surface area contributed by atoms with Gasteiger partial charge in [0, 0.05) is 33.4 Å². The lowest BCUT2D eigenvalue weighted by atomic mass is 10.3. The van der Waals surface area contributed by atoms with Crippen molar-refractivity contribution in [3.63, 3.8) is 0 Å². The molecule has 3 N–H and O–H groups in total. The molecule has 108 valence electrons. The first-order chi connectivity index (χ1) is 9.17. The molecule has 1 aromatic rings. The predicted octanol–water partition coefficient (Wildman–Crippen LogP) is 2.19. The lowest BCUT2D eigenvalue weighted by Crippen LogP contribution is -2.42. The molecule has 1 aromatic heterocycles. The molecule has 0 saturated carbocycles. The quantitative estimate of drug-likeness (QED) is 0.260. The summed E-state index contributed by atoms with van der Waals surface area (Å²) in [5, 5.41) is 2.11. The Morgan fingerprint density at radius 1 is 1.63 bits per heavy atom. The predicted molar refractivity (Wildman–Crippen MR) is 84.2 cm³/mol. The number of hydrogen-bond donors (Lipinski definition) is 2. The fraction of sp³-hybridized carbons (Fsp3) is 0.583. The van der Waals surface area contributed by atoms with Crippen LogP contribution in [0.2, 0.25) is 0 Å². The monoisotopic (exact) mass is 348 g/mol. The van der Waals surface area contributed by atoms with Gasteiger partial charge in [0.15, 0.2) is 0 Å². The lowest BCUT2D eigenvalue weighted by molar-refractivity contribution is 0.146. The number of halogens is 1. The molecule has 0 aliphatic rings. The van der Waals surface area contributed by atoms with Crippen LogP contribution in [0.5, 0.6) is 0 Å². The first kappa shape index (κ1) is 16.4. The van der Waals surface area contributed by atoms with Crippen LogP contribution in [0.25, 0.3) is 0 Å². The number of nitrogens with one attached hydrogen (secondary N) is 1. The van der Waals surface area contributed by atoms with Crippen molar-refractivity contribution in [3.8, 4) is 0 Å². The van der Waals surface area contributed by atoms with Crippen molar-refractivity contribution in [2.24, 2.45) is 10.8 Å². The van der Waals surface area contributed by atoms with Gasteiger partial charge in [-0.1, -0.05) is 0 Å². The van der Waals surface area contributed by atoms with Crippen LogP contribution in [-0.2, 0) is 11.3 Å². The average Bonchev–Trinajstić information content (AvgIpc) is 2.79. The molecule has 19 heavy (non-hydrogen) atoms. The zero-order chi connectivity index (χ0) is 14.1. The molecule has 0 aliphatic heterocycles. The van der Waals surface area contributed by atoms with Gasteiger partial charge in [-0.25, -0.2) is 5.84 Å². The smallest absolute Gasteiger partial charge is 0.208 e. The van der Waals surface area contributed by atoms with Crippen molar-refractivity contribution in [3.05, 3.63) is 20.8 Å². The third-order valence-electron chi connectivity index (χ3n) is 2.44. The summed E-state index contributed by atoms with van der Waals surface area (Å²) in [5.41, 5.74) is 3.88. The van der Waals surface area contributed by atoms with Crippen molar-refractivity contribution in [1.82, 2.24) is 10.3 Å². The molecule has 0 saturated heterocycles. The van der Waals surface area contributed by atoms with Crippen molar-refractivity contribution in [2.75, 3.05) is 26.8 Å². The minimum absolute atomic E-state index is 0.693. The molecular weight excluding hydrogens is 328 g/mol. The van der Waals surface area contributed by atoms with Crippen LogP contribution < -0.4 is 11.3 Å². The van der Waals surface area contributed by atoms with E-state index in [1.165, 1.54) is 5.56 Å². The Morgan fingerprint density at radius 2 is 2.42 bits per heavy atom. The second kappa shape index (κ2) is 9.30. The topological polar surface area (TPSA) is 62.9 Å². The highest BCUT2D eigenvalue weighted by atomic mass is 79.9. The number of rotatable bonds is 7. The largest absolute Gasteiger partial charge is 0.382 e. The molecule has 5 nitrogen and oxygen atoms in total. The van der Waals surface area contributed by atoms with Crippen molar-refractivity contribution >= 4 is 33.2 Å². The van der Waals surface area contributed by atoms with Crippen LogP contribution in [0, 0.1) is 0 Å². The third-order valence-corrected chi connectivity index (χ3v) is 4.00. The molecule has 1 heterocycles. The molecule has 0 radical (unpaired) electrons. The van der Waals surface area contributed by atoms with Crippen LogP contribution in [-0.4, -0.2) is 37.7 Å². The molecule has 0 fully saturated rings. The Balaban J connectivity index is 2.42. The second-order valence-corrected chi connectivity index (χ2v) is 6.31. The Bertz CT molecular complexity index is 397. The van der Waals surface area contributed by atoms with E-state index in [-0.39, 0.29) is 0 Å². The SMILES string of the molecule is CCOCCCN=C(NN)N(C)Cc1csc(Br)c1. The average molecular weight is 349 g/mol. The number of nitrogens with two attached hydrogens (primary N) is 1. The van der Waals surface area contributed by atoms with Gasteiger partial charge in [0.2, 0.25) is 5.96 Å². The van der Waals surface area contributed by atoms with Gasteiger partial charge in [-0.15, -0.1) is 11.3 Å². The number of thiophene rings is 1. The molecule has 1 rings (SSSR count). The zero-order valence-electron chi connectivity index (χ0n) is 11.4. The van der Waals surface area contributed by atoms with E-state index in [0.717, 1.165) is 30.0 Å². The second-order valence-electron chi connectivity index (χ2n) is 4.02. The van der Waals surface area contributed by atoms with Gasteiger partial charge >= 0.3 is 0 Å². The number of hydrazine groups is 1. The van der Waals surface area contributed by atoms with E-state index in [2.05, 4.69) is 37.8 Å². The summed E-state index contributed by atoms with van der Waals surface area (Å²) in [6, 6.07) is 2.10. The fourth-order valence-electron chi connectivity index (χ4n) is 1.55. The molecular formula is C12H21BrN4OS. The molecule has 7 heteroatoms. The summed E-state index contributed by atoms with van der Waals surface area (Å²) < 4.78 is 6.40. The van der Waals surface area contributed by atoms with E-state index in [4.69, 9.17) is 10.6 Å². The number of nitrogens with zero attached hydrogens (tertiary/aromatic N) is 2. The highest BCUT2D eigenvalue weighted by Crippen LogP contribution is 2.21. The molecule has 0 unspecified atom stereocenters. The molecule has 0 aromatic carbocycles. The van der Waals surface area contributed by atoms with Crippen molar-refractivity contribution in [2.45, 2.75) is 19.9 Å². The van der Waals surface area contributed by atoms with Crippen LogP contribution >= 0.6 is 27.3 Å². The number of guanidine groups is 1. The Kier molecular flexibility index (Phi) is 8.04. The van der Waals surface area contributed by atoms with Crippen LogP contribution in [0.3, 0.4) is 0 Å². The summed E-state index contributed by atoms with van der Waals surface area (Å²) in [4.78, 5) is 6.43. The maximum atomic E-state index is 5.51. The molecule has 0 amide bonds. The summed E-state index contributed by atoms with van der Waals surface area (Å²) in [5.74, 6) is 6.21.